The smallest absolute Gasteiger partial charge is 0.340 e. The third-order valence-electron chi connectivity index (χ3n) is 5.79. The van der Waals surface area contributed by atoms with E-state index in [1.807, 2.05) is 63.4 Å². The number of nitrogens with zero attached hydrogens (tertiary/aromatic N) is 3. The number of aromatic nitrogens is 1. The number of rotatable bonds is 6. The highest BCUT2D eigenvalue weighted by Gasteiger charge is 2.48. The van der Waals surface area contributed by atoms with Crippen molar-refractivity contribution in [3.05, 3.63) is 40.0 Å². The first-order valence-electron chi connectivity index (χ1n) is 11.1. The average Bonchev–Trinajstić information content (AvgIpc) is 3.21. The number of aliphatic imine (C=N–C) groups is 1. The van der Waals surface area contributed by atoms with Crippen LogP contribution in [0.2, 0.25) is 0 Å². The van der Waals surface area contributed by atoms with Gasteiger partial charge < -0.3 is 23.7 Å². The summed E-state index contributed by atoms with van der Waals surface area (Å²) in [4.78, 5) is 32.8. The Morgan fingerprint density at radius 3 is 2.34 bits per heavy atom. The number of fused-ring (bicyclic) bond motifs is 2. The highest BCUT2D eigenvalue weighted by Crippen LogP contribution is 2.45. The Balaban J connectivity index is 1.82. The van der Waals surface area contributed by atoms with Gasteiger partial charge in [-0.25, -0.2) is 14.6 Å². The van der Waals surface area contributed by atoms with Crippen molar-refractivity contribution < 1.29 is 23.8 Å². The maximum atomic E-state index is 13.1. The van der Waals surface area contributed by atoms with Gasteiger partial charge in [0.15, 0.2) is 5.84 Å². The van der Waals surface area contributed by atoms with Gasteiger partial charge in [-0.3, -0.25) is 0 Å². The molecule has 8 nitrogen and oxygen atoms in total. The molecule has 172 valence electrons. The number of amidine groups is 1. The highest BCUT2D eigenvalue weighted by molar-refractivity contribution is 6.09. The first-order chi connectivity index (χ1) is 15.1. The summed E-state index contributed by atoms with van der Waals surface area (Å²) >= 11 is 0. The fraction of sp³-hybridized carbons (Fsp3) is 0.542. The largest absolute Gasteiger partial charge is 0.470 e. The molecule has 2 atom stereocenters. The van der Waals surface area contributed by atoms with Crippen molar-refractivity contribution in [1.82, 2.24) is 9.47 Å². The molecule has 4 heterocycles. The zero-order chi connectivity index (χ0) is 23.3. The Bertz CT molecular complexity index is 1060. The minimum Gasteiger partial charge on any atom is -0.470 e. The van der Waals surface area contributed by atoms with E-state index in [1.165, 1.54) is 0 Å². The molecule has 3 aliphatic rings. The SMILES string of the molecule is CC1=C(C(=O)OCC(C)C)C2C(N=C3c4c(c(C(=O)OCC(C)C)c(C)n42)C=CN3C)O1. The summed E-state index contributed by atoms with van der Waals surface area (Å²) in [5, 5.41) is 0. The predicted octanol–water partition coefficient (Wildman–Crippen LogP) is 3.66. The maximum Gasteiger partial charge on any atom is 0.340 e. The number of hydrogen-bond donors (Lipinski definition) is 0. The molecule has 1 aromatic heterocycles. The van der Waals surface area contributed by atoms with Crippen molar-refractivity contribution in [3.8, 4) is 0 Å². The lowest BCUT2D eigenvalue weighted by Crippen LogP contribution is -2.39. The number of hydrogen-bond acceptors (Lipinski definition) is 7. The van der Waals surface area contributed by atoms with E-state index >= 15 is 0 Å². The van der Waals surface area contributed by atoms with Crippen molar-refractivity contribution in [2.75, 3.05) is 20.3 Å². The molecule has 8 heteroatoms. The van der Waals surface area contributed by atoms with Crippen LogP contribution >= 0.6 is 0 Å². The van der Waals surface area contributed by atoms with Crippen LogP contribution in [-0.4, -0.2) is 53.7 Å². The Morgan fingerprint density at radius 1 is 1.09 bits per heavy atom. The van der Waals surface area contributed by atoms with Crippen LogP contribution in [0.4, 0.5) is 0 Å². The van der Waals surface area contributed by atoms with Gasteiger partial charge in [-0.2, -0.15) is 0 Å². The van der Waals surface area contributed by atoms with E-state index in [0.29, 0.717) is 35.9 Å². The summed E-state index contributed by atoms with van der Waals surface area (Å²) in [6.45, 7) is 12.3. The summed E-state index contributed by atoms with van der Waals surface area (Å²) in [7, 11) is 1.90. The zero-order valence-corrected chi connectivity index (χ0v) is 19.8. The van der Waals surface area contributed by atoms with Gasteiger partial charge in [-0.15, -0.1) is 0 Å². The second kappa shape index (κ2) is 8.15. The Hall–Kier alpha value is -3.03. The molecule has 0 fully saturated rings. The molecule has 2 unspecified atom stereocenters. The zero-order valence-electron chi connectivity index (χ0n) is 19.8. The van der Waals surface area contributed by atoms with E-state index in [9.17, 15) is 9.59 Å². The molecular weight excluding hydrogens is 410 g/mol. The van der Waals surface area contributed by atoms with E-state index in [2.05, 4.69) is 0 Å². The summed E-state index contributed by atoms with van der Waals surface area (Å²) in [6.07, 6.45) is 3.16. The molecule has 0 saturated heterocycles. The molecule has 0 aliphatic carbocycles. The number of esters is 2. The van der Waals surface area contributed by atoms with Crippen molar-refractivity contribution in [2.24, 2.45) is 16.8 Å². The van der Waals surface area contributed by atoms with Gasteiger partial charge in [0.25, 0.3) is 0 Å². The van der Waals surface area contributed by atoms with Crippen LogP contribution in [0.1, 0.15) is 68.0 Å². The van der Waals surface area contributed by atoms with Crippen molar-refractivity contribution >= 4 is 23.9 Å². The summed E-state index contributed by atoms with van der Waals surface area (Å²) in [6, 6.07) is -0.501. The highest BCUT2D eigenvalue weighted by atomic mass is 16.5. The average molecular weight is 442 g/mol. The molecule has 0 N–H and O–H groups in total. The van der Waals surface area contributed by atoms with Crippen molar-refractivity contribution in [3.63, 3.8) is 0 Å². The molecule has 1 aromatic rings. The predicted molar refractivity (Wildman–Crippen MR) is 120 cm³/mol. The van der Waals surface area contributed by atoms with E-state index in [4.69, 9.17) is 19.2 Å². The van der Waals surface area contributed by atoms with Crippen LogP contribution in [0.5, 0.6) is 0 Å². The lowest BCUT2D eigenvalue weighted by Gasteiger charge is -2.33. The van der Waals surface area contributed by atoms with E-state index < -0.39 is 18.2 Å². The van der Waals surface area contributed by atoms with Crippen LogP contribution in [0, 0.1) is 18.8 Å². The number of allylic oxidation sites excluding steroid dienone is 1. The number of ether oxygens (including phenoxy) is 3. The second-order valence-corrected chi connectivity index (χ2v) is 9.38. The van der Waals surface area contributed by atoms with Gasteiger partial charge in [-0.05, 0) is 31.8 Å². The van der Waals surface area contributed by atoms with E-state index in [1.54, 1.807) is 6.92 Å². The first kappa shape index (κ1) is 22.2. The molecule has 4 rings (SSSR count). The summed E-state index contributed by atoms with van der Waals surface area (Å²) < 4.78 is 19.1. The third kappa shape index (κ3) is 3.51. The lowest BCUT2D eigenvalue weighted by atomic mass is 10.0. The molecule has 3 aliphatic heterocycles. The fourth-order valence-corrected chi connectivity index (χ4v) is 4.34. The van der Waals surface area contributed by atoms with Crippen LogP contribution in [0.25, 0.3) is 6.08 Å². The molecule has 0 radical (unpaired) electrons. The second-order valence-electron chi connectivity index (χ2n) is 9.38. The Kier molecular flexibility index (Phi) is 5.65. The van der Waals surface area contributed by atoms with Crippen LogP contribution in [0.15, 0.2) is 22.5 Å². The van der Waals surface area contributed by atoms with E-state index in [0.717, 1.165) is 17.0 Å². The van der Waals surface area contributed by atoms with Crippen molar-refractivity contribution in [1.29, 1.82) is 0 Å². The molecule has 0 aromatic carbocycles. The topological polar surface area (TPSA) is 82.4 Å². The maximum absolute atomic E-state index is 13.1. The molecule has 0 spiro atoms. The minimum absolute atomic E-state index is 0.219. The molecule has 0 bridgehead atoms. The van der Waals surface area contributed by atoms with Crippen LogP contribution in [0.3, 0.4) is 0 Å². The molecule has 32 heavy (non-hydrogen) atoms. The number of carbonyl (C=O) groups is 2. The third-order valence-corrected chi connectivity index (χ3v) is 5.79. The van der Waals surface area contributed by atoms with E-state index in [-0.39, 0.29) is 17.8 Å². The monoisotopic (exact) mass is 441 g/mol. The lowest BCUT2D eigenvalue weighted by molar-refractivity contribution is -0.140. The van der Waals surface area contributed by atoms with Crippen LogP contribution in [-0.2, 0) is 19.0 Å². The van der Waals surface area contributed by atoms with Gasteiger partial charge in [0.05, 0.1) is 24.5 Å². The van der Waals surface area contributed by atoms with Gasteiger partial charge in [0.1, 0.15) is 17.4 Å². The standard InChI is InChI=1S/C24H31N3O5/c1-12(2)10-30-23(28)17-14(5)27-19-16(17)8-9-26(7)21(19)25-22-20(27)18(15(6)32-22)24(29)31-11-13(3)4/h8-9,12-13,20,22H,10-11H2,1-7H3. The summed E-state index contributed by atoms with van der Waals surface area (Å²) in [5.74, 6) is 0.857. The summed E-state index contributed by atoms with van der Waals surface area (Å²) in [5.41, 5.74) is 3.21. The molecular formula is C24H31N3O5. The minimum atomic E-state index is -0.605. The number of carbonyl (C=O) groups excluding carboxylic acids is 2. The molecule has 0 saturated carbocycles. The van der Waals surface area contributed by atoms with Gasteiger partial charge >= 0.3 is 11.9 Å². The van der Waals surface area contributed by atoms with Gasteiger partial charge in [-0.1, -0.05) is 27.7 Å². The van der Waals surface area contributed by atoms with Crippen molar-refractivity contribution in [2.45, 2.75) is 53.8 Å². The van der Waals surface area contributed by atoms with Crippen LogP contribution < -0.4 is 0 Å². The first-order valence-corrected chi connectivity index (χ1v) is 11.1. The molecule has 0 amide bonds. The Labute approximate surface area is 188 Å². The van der Waals surface area contributed by atoms with Gasteiger partial charge in [0, 0.05) is 24.5 Å². The van der Waals surface area contributed by atoms with Gasteiger partial charge in [0.2, 0.25) is 6.23 Å². The normalized spacial score (nSPS) is 20.9. The fourth-order valence-electron chi connectivity index (χ4n) is 4.34. The quantitative estimate of drug-likeness (QED) is 0.627. The Morgan fingerprint density at radius 2 is 1.72 bits per heavy atom.